The highest BCUT2D eigenvalue weighted by Gasteiger charge is 2.27. The Labute approximate surface area is 131 Å². The number of aryl methyl sites for hydroxylation is 3. The van der Waals surface area contributed by atoms with E-state index in [0.29, 0.717) is 11.4 Å². The van der Waals surface area contributed by atoms with E-state index in [1.165, 1.54) is 0 Å². The summed E-state index contributed by atoms with van der Waals surface area (Å²) >= 11 is 0. The second kappa shape index (κ2) is 5.43. The Bertz CT molecular complexity index is 779. The van der Waals surface area contributed by atoms with Crippen molar-refractivity contribution in [1.82, 2.24) is 5.16 Å². The lowest BCUT2D eigenvalue weighted by Crippen LogP contribution is -2.14. The van der Waals surface area contributed by atoms with E-state index in [9.17, 15) is 8.42 Å². The van der Waals surface area contributed by atoms with Crippen LogP contribution in [-0.2, 0) is 15.5 Å². The van der Waals surface area contributed by atoms with Crippen LogP contribution >= 0.6 is 0 Å². The molecule has 0 aliphatic heterocycles. The predicted octanol–water partition coefficient (Wildman–Crippen LogP) is 3.67. The van der Waals surface area contributed by atoms with Crippen LogP contribution in [0.5, 0.6) is 5.75 Å². The van der Waals surface area contributed by atoms with Crippen molar-refractivity contribution in [3.8, 4) is 5.75 Å². The van der Waals surface area contributed by atoms with E-state index in [-0.39, 0.29) is 16.1 Å². The van der Waals surface area contributed by atoms with Gasteiger partial charge in [0.1, 0.15) is 11.4 Å². The Morgan fingerprint density at radius 1 is 1.14 bits per heavy atom. The second-order valence-electron chi connectivity index (χ2n) is 6.42. The highest BCUT2D eigenvalue weighted by molar-refractivity contribution is 7.87. The average molecular weight is 323 g/mol. The smallest absolute Gasteiger partial charge is 0.344 e. The van der Waals surface area contributed by atoms with Crippen molar-refractivity contribution >= 4 is 10.1 Å². The third-order valence-corrected chi connectivity index (χ3v) is 4.94. The molecule has 0 saturated heterocycles. The van der Waals surface area contributed by atoms with Crippen LogP contribution in [-0.4, -0.2) is 13.6 Å². The lowest BCUT2D eigenvalue weighted by atomic mass is 9.86. The minimum absolute atomic E-state index is 0.00759. The fraction of sp³-hybridized carbons (Fsp3) is 0.438. The van der Waals surface area contributed by atoms with Crippen LogP contribution in [0, 0.1) is 20.8 Å². The molecule has 1 aromatic carbocycles. The molecule has 0 saturated carbocycles. The fourth-order valence-electron chi connectivity index (χ4n) is 2.20. The van der Waals surface area contributed by atoms with Gasteiger partial charge in [0.15, 0.2) is 10.7 Å². The van der Waals surface area contributed by atoms with Crippen molar-refractivity contribution < 1.29 is 17.1 Å². The Balaban J connectivity index is 2.39. The van der Waals surface area contributed by atoms with Crippen molar-refractivity contribution in [3.05, 3.63) is 40.8 Å². The first kappa shape index (κ1) is 16.5. The minimum atomic E-state index is -3.96. The molecule has 0 unspecified atom stereocenters. The first-order chi connectivity index (χ1) is 10.0. The van der Waals surface area contributed by atoms with Crippen molar-refractivity contribution in [2.75, 3.05) is 0 Å². The largest absolute Gasteiger partial charge is 0.379 e. The van der Waals surface area contributed by atoms with Crippen LogP contribution < -0.4 is 4.18 Å². The lowest BCUT2D eigenvalue weighted by Gasteiger charge is -2.20. The van der Waals surface area contributed by atoms with Gasteiger partial charge in [-0.3, -0.25) is 0 Å². The van der Waals surface area contributed by atoms with Crippen LogP contribution in [0.1, 0.15) is 43.4 Å². The number of hydrogen-bond acceptors (Lipinski definition) is 5. The normalized spacial score (nSPS) is 12.5. The van der Waals surface area contributed by atoms with E-state index in [2.05, 4.69) is 25.9 Å². The van der Waals surface area contributed by atoms with E-state index in [1.54, 1.807) is 19.9 Å². The summed E-state index contributed by atoms with van der Waals surface area (Å²) in [5.74, 6) is 0.537. The van der Waals surface area contributed by atoms with Gasteiger partial charge in [0.05, 0.1) is 0 Å². The molecule has 2 aromatic rings. The summed E-state index contributed by atoms with van der Waals surface area (Å²) in [6.07, 6.45) is 0. The minimum Gasteiger partial charge on any atom is -0.379 e. The number of rotatable bonds is 3. The Morgan fingerprint density at radius 2 is 1.77 bits per heavy atom. The molecule has 1 heterocycles. The molecule has 0 amide bonds. The SMILES string of the molecule is Cc1cc(C(C)(C)C)ccc1OS(=O)(=O)c1c(C)noc1C. The molecule has 2 rings (SSSR count). The highest BCUT2D eigenvalue weighted by Crippen LogP contribution is 2.30. The molecule has 0 bridgehead atoms. The first-order valence-corrected chi connectivity index (χ1v) is 8.41. The van der Waals surface area contributed by atoms with Crippen LogP contribution in [0.25, 0.3) is 0 Å². The van der Waals surface area contributed by atoms with Crippen LogP contribution in [0.2, 0.25) is 0 Å². The zero-order chi connectivity index (χ0) is 16.7. The van der Waals surface area contributed by atoms with Gasteiger partial charge in [-0.2, -0.15) is 8.42 Å². The molecule has 0 spiro atoms. The van der Waals surface area contributed by atoms with Crippen LogP contribution in [0.15, 0.2) is 27.6 Å². The summed E-state index contributed by atoms with van der Waals surface area (Å²) in [5, 5.41) is 3.66. The molecular formula is C16H21NO4S. The van der Waals surface area contributed by atoms with E-state index >= 15 is 0 Å². The van der Waals surface area contributed by atoms with Gasteiger partial charge in [-0.15, -0.1) is 0 Å². The van der Waals surface area contributed by atoms with Crippen molar-refractivity contribution in [1.29, 1.82) is 0 Å². The van der Waals surface area contributed by atoms with E-state index in [0.717, 1.165) is 11.1 Å². The molecule has 120 valence electrons. The Hall–Kier alpha value is -1.82. The van der Waals surface area contributed by atoms with E-state index in [4.69, 9.17) is 8.71 Å². The average Bonchev–Trinajstić information content (AvgIpc) is 2.70. The van der Waals surface area contributed by atoms with Crippen LogP contribution in [0.3, 0.4) is 0 Å². The number of aromatic nitrogens is 1. The maximum atomic E-state index is 12.4. The molecule has 0 N–H and O–H groups in total. The lowest BCUT2D eigenvalue weighted by molar-refractivity contribution is 0.389. The molecule has 1 aromatic heterocycles. The monoisotopic (exact) mass is 323 g/mol. The maximum absolute atomic E-state index is 12.4. The second-order valence-corrected chi connectivity index (χ2v) is 7.90. The first-order valence-electron chi connectivity index (χ1n) is 7.01. The maximum Gasteiger partial charge on any atom is 0.344 e. The van der Waals surface area contributed by atoms with Gasteiger partial charge in [0.2, 0.25) is 0 Å². The summed E-state index contributed by atoms with van der Waals surface area (Å²) in [4.78, 5) is -0.00759. The van der Waals surface area contributed by atoms with Crippen molar-refractivity contribution in [2.24, 2.45) is 0 Å². The van der Waals surface area contributed by atoms with Crippen molar-refractivity contribution in [2.45, 2.75) is 51.9 Å². The Kier molecular flexibility index (Phi) is 4.08. The number of hydrogen-bond donors (Lipinski definition) is 0. The predicted molar refractivity (Wildman–Crippen MR) is 83.7 cm³/mol. The third kappa shape index (κ3) is 3.16. The molecule has 6 heteroatoms. The molecule has 0 aliphatic carbocycles. The van der Waals surface area contributed by atoms with Gasteiger partial charge < -0.3 is 8.71 Å². The molecule has 5 nitrogen and oxygen atoms in total. The summed E-state index contributed by atoms with van der Waals surface area (Å²) in [5.41, 5.74) is 2.17. The Morgan fingerprint density at radius 3 is 2.23 bits per heavy atom. The molecule has 22 heavy (non-hydrogen) atoms. The van der Waals surface area contributed by atoms with Crippen molar-refractivity contribution in [3.63, 3.8) is 0 Å². The number of benzene rings is 1. The number of nitrogens with zero attached hydrogens (tertiary/aromatic N) is 1. The standard InChI is InChI=1S/C16H21NO4S/c1-10-9-13(16(4,5)6)7-8-14(10)21-22(18,19)15-11(2)17-20-12(15)3/h7-9H,1-6H3. The molecule has 0 fully saturated rings. The van der Waals surface area contributed by atoms with Crippen LogP contribution in [0.4, 0.5) is 0 Å². The summed E-state index contributed by atoms with van der Waals surface area (Å²) in [6.45, 7) is 11.2. The van der Waals surface area contributed by atoms with Gasteiger partial charge in [-0.25, -0.2) is 0 Å². The summed E-state index contributed by atoms with van der Waals surface area (Å²) < 4.78 is 35.0. The summed E-state index contributed by atoms with van der Waals surface area (Å²) in [6, 6.07) is 5.51. The molecule has 0 atom stereocenters. The van der Waals surface area contributed by atoms with Gasteiger partial charge in [0.25, 0.3) is 0 Å². The topological polar surface area (TPSA) is 69.4 Å². The summed E-state index contributed by atoms with van der Waals surface area (Å²) in [7, 11) is -3.96. The van der Waals surface area contributed by atoms with Gasteiger partial charge in [-0.05, 0) is 43.4 Å². The van der Waals surface area contributed by atoms with E-state index in [1.807, 2.05) is 19.1 Å². The van der Waals surface area contributed by atoms with Gasteiger partial charge >= 0.3 is 10.1 Å². The fourth-order valence-corrected chi connectivity index (χ4v) is 3.50. The molecular weight excluding hydrogens is 302 g/mol. The molecule has 0 radical (unpaired) electrons. The van der Waals surface area contributed by atoms with Gasteiger partial charge in [-0.1, -0.05) is 38.1 Å². The molecule has 0 aliphatic rings. The quantitative estimate of drug-likeness (QED) is 0.806. The third-order valence-electron chi connectivity index (χ3n) is 3.46. The zero-order valence-corrected chi connectivity index (χ0v) is 14.5. The van der Waals surface area contributed by atoms with Gasteiger partial charge in [0, 0.05) is 0 Å². The zero-order valence-electron chi connectivity index (χ0n) is 13.7. The van der Waals surface area contributed by atoms with E-state index < -0.39 is 10.1 Å². The highest BCUT2D eigenvalue weighted by atomic mass is 32.2.